The molecule has 0 unspecified atom stereocenters. The summed E-state index contributed by atoms with van der Waals surface area (Å²) in [4.78, 5) is 13.8. The summed E-state index contributed by atoms with van der Waals surface area (Å²) in [6.45, 7) is 2.67. The van der Waals surface area contributed by atoms with Gasteiger partial charge in [-0.25, -0.2) is 0 Å². The number of rotatable bonds is 7. The van der Waals surface area contributed by atoms with E-state index < -0.39 is 0 Å². The summed E-state index contributed by atoms with van der Waals surface area (Å²) in [5.41, 5.74) is 3.61. The molecule has 1 N–H and O–H groups in total. The molecule has 1 aliphatic rings. The Balaban J connectivity index is 1.42. The van der Waals surface area contributed by atoms with Gasteiger partial charge in [-0.2, -0.15) is 5.26 Å². The van der Waals surface area contributed by atoms with E-state index in [2.05, 4.69) is 18.3 Å². The van der Waals surface area contributed by atoms with Crippen molar-refractivity contribution < 1.29 is 14.3 Å². The number of carbonyl (C=O) groups is 1. The molecule has 0 spiro atoms. The summed E-state index contributed by atoms with van der Waals surface area (Å²) in [5.74, 6) is 1.59. The smallest absolute Gasteiger partial charge is 0.249 e. The molecule has 6 heteroatoms. The number of carbonyl (C=O) groups excluding carboxylic acids is 1. The van der Waals surface area contributed by atoms with Crippen LogP contribution in [0.3, 0.4) is 0 Å². The second-order valence-electron chi connectivity index (χ2n) is 8.17. The van der Waals surface area contributed by atoms with Gasteiger partial charge in [0.05, 0.1) is 12.7 Å². The third-order valence-electron chi connectivity index (χ3n) is 5.71. The lowest BCUT2D eigenvalue weighted by Gasteiger charge is -2.17. The Labute approximate surface area is 198 Å². The molecule has 0 saturated carbocycles. The number of amides is 1. The molecule has 3 aromatic rings. The Morgan fingerprint density at radius 1 is 1.24 bits per heavy atom. The molecule has 0 saturated heterocycles. The number of ether oxygens (including phenoxy) is 2. The first-order chi connectivity index (χ1) is 16.1. The molecule has 1 heterocycles. The molecular weight excluding hydrogens is 432 g/mol. The highest BCUT2D eigenvalue weighted by atomic mass is 32.1. The van der Waals surface area contributed by atoms with Gasteiger partial charge >= 0.3 is 0 Å². The van der Waals surface area contributed by atoms with Crippen molar-refractivity contribution in [2.24, 2.45) is 5.92 Å². The number of hydrogen-bond acceptors (Lipinski definition) is 5. The van der Waals surface area contributed by atoms with Crippen LogP contribution in [0.5, 0.6) is 11.5 Å². The summed E-state index contributed by atoms with van der Waals surface area (Å²) >= 11 is 1.53. The van der Waals surface area contributed by atoms with Crippen LogP contribution >= 0.6 is 11.3 Å². The van der Waals surface area contributed by atoms with Gasteiger partial charge in [-0.1, -0.05) is 43.3 Å². The van der Waals surface area contributed by atoms with E-state index in [4.69, 9.17) is 9.47 Å². The zero-order valence-corrected chi connectivity index (χ0v) is 19.6. The van der Waals surface area contributed by atoms with E-state index >= 15 is 0 Å². The number of anilines is 1. The monoisotopic (exact) mass is 458 g/mol. The van der Waals surface area contributed by atoms with Crippen LogP contribution in [0, 0.1) is 17.2 Å². The molecule has 1 aliphatic carbocycles. The minimum Gasteiger partial charge on any atom is -0.493 e. The van der Waals surface area contributed by atoms with Crippen LogP contribution in [0.15, 0.2) is 54.6 Å². The van der Waals surface area contributed by atoms with Crippen molar-refractivity contribution in [1.29, 1.82) is 5.26 Å². The van der Waals surface area contributed by atoms with Gasteiger partial charge in [-0.15, -0.1) is 11.3 Å². The molecule has 5 nitrogen and oxygen atoms in total. The first-order valence-electron chi connectivity index (χ1n) is 11.0. The van der Waals surface area contributed by atoms with Crippen molar-refractivity contribution in [2.45, 2.75) is 32.8 Å². The van der Waals surface area contributed by atoms with E-state index in [0.717, 1.165) is 36.0 Å². The van der Waals surface area contributed by atoms with Crippen molar-refractivity contribution in [3.05, 3.63) is 81.7 Å². The van der Waals surface area contributed by atoms with Crippen molar-refractivity contribution in [1.82, 2.24) is 0 Å². The lowest BCUT2D eigenvalue weighted by atomic mass is 9.89. The molecule has 4 rings (SSSR count). The van der Waals surface area contributed by atoms with Gasteiger partial charge in [0, 0.05) is 11.0 Å². The third-order valence-corrected chi connectivity index (χ3v) is 6.88. The number of fused-ring (bicyclic) bond motifs is 1. The zero-order chi connectivity index (χ0) is 23.2. The Kier molecular flexibility index (Phi) is 7.11. The van der Waals surface area contributed by atoms with Crippen molar-refractivity contribution in [3.8, 4) is 17.6 Å². The van der Waals surface area contributed by atoms with Crippen molar-refractivity contribution in [2.75, 3.05) is 12.4 Å². The average Bonchev–Trinajstić information content (AvgIpc) is 3.17. The third kappa shape index (κ3) is 5.44. The van der Waals surface area contributed by atoms with Crippen LogP contribution in [0.4, 0.5) is 5.00 Å². The molecule has 0 radical (unpaired) electrons. The van der Waals surface area contributed by atoms with Gasteiger partial charge in [0.2, 0.25) is 5.91 Å². The van der Waals surface area contributed by atoms with Gasteiger partial charge in [-0.3, -0.25) is 4.79 Å². The molecule has 0 fully saturated rings. The maximum absolute atomic E-state index is 12.6. The zero-order valence-electron chi connectivity index (χ0n) is 18.8. The number of thiophene rings is 1. The fourth-order valence-electron chi connectivity index (χ4n) is 3.93. The van der Waals surface area contributed by atoms with Gasteiger partial charge < -0.3 is 14.8 Å². The van der Waals surface area contributed by atoms with E-state index in [1.165, 1.54) is 22.3 Å². The van der Waals surface area contributed by atoms with E-state index in [1.807, 2.05) is 48.5 Å². The van der Waals surface area contributed by atoms with Gasteiger partial charge in [0.15, 0.2) is 11.5 Å². The Morgan fingerprint density at radius 3 is 2.82 bits per heavy atom. The second-order valence-corrected chi connectivity index (χ2v) is 9.28. The molecule has 0 aliphatic heterocycles. The largest absolute Gasteiger partial charge is 0.493 e. The quantitative estimate of drug-likeness (QED) is 0.442. The van der Waals surface area contributed by atoms with Crippen LogP contribution in [0.1, 0.15) is 40.5 Å². The van der Waals surface area contributed by atoms with Crippen molar-refractivity contribution >= 4 is 28.3 Å². The van der Waals surface area contributed by atoms with Gasteiger partial charge in [0.25, 0.3) is 0 Å². The molecule has 0 bridgehead atoms. The first-order valence-corrected chi connectivity index (χ1v) is 11.8. The molecule has 2 aromatic carbocycles. The van der Waals surface area contributed by atoms with Gasteiger partial charge in [0.1, 0.15) is 17.7 Å². The van der Waals surface area contributed by atoms with E-state index in [-0.39, 0.29) is 5.91 Å². The highest BCUT2D eigenvalue weighted by Crippen LogP contribution is 2.39. The molecule has 1 amide bonds. The summed E-state index contributed by atoms with van der Waals surface area (Å²) in [6.07, 6.45) is 6.15. The molecule has 33 heavy (non-hydrogen) atoms. The fourth-order valence-corrected chi connectivity index (χ4v) is 5.29. The summed E-state index contributed by atoms with van der Waals surface area (Å²) in [5, 5.41) is 13.2. The maximum atomic E-state index is 12.6. The second kappa shape index (κ2) is 10.4. The summed E-state index contributed by atoms with van der Waals surface area (Å²) in [7, 11) is 1.59. The Bertz CT molecular complexity index is 1210. The van der Waals surface area contributed by atoms with Crippen LogP contribution in [0.25, 0.3) is 6.08 Å². The summed E-state index contributed by atoms with van der Waals surface area (Å²) in [6, 6.07) is 17.7. The van der Waals surface area contributed by atoms with Crippen LogP contribution < -0.4 is 14.8 Å². The first kappa shape index (κ1) is 22.6. The van der Waals surface area contributed by atoms with Crippen LogP contribution in [-0.2, 0) is 24.2 Å². The minimum absolute atomic E-state index is 0.262. The average molecular weight is 459 g/mol. The maximum Gasteiger partial charge on any atom is 0.249 e. The lowest BCUT2D eigenvalue weighted by molar-refractivity contribution is -0.111. The number of methoxy groups -OCH3 is 1. The van der Waals surface area contributed by atoms with E-state index in [0.29, 0.717) is 34.6 Å². The van der Waals surface area contributed by atoms with Crippen LogP contribution in [0.2, 0.25) is 0 Å². The number of nitrogens with one attached hydrogen (secondary N) is 1. The number of benzene rings is 2. The number of hydrogen-bond donors (Lipinski definition) is 1. The topological polar surface area (TPSA) is 71.3 Å². The highest BCUT2D eigenvalue weighted by molar-refractivity contribution is 7.16. The summed E-state index contributed by atoms with van der Waals surface area (Å²) < 4.78 is 11.4. The molecule has 168 valence electrons. The minimum atomic E-state index is -0.262. The SMILES string of the molecule is COc1cc(/C=C/C(=O)Nc2sc3c(c2C#N)CC[C@@H](C)C3)ccc1OCc1ccccc1. The van der Waals surface area contributed by atoms with Crippen molar-refractivity contribution in [3.63, 3.8) is 0 Å². The van der Waals surface area contributed by atoms with Crippen LogP contribution in [-0.4, -0.2) is 13.0 Å². The molecule has 1 aromatic heterocycles. The highest BCUT2D eigenvalue weighted by Gasteiger charge is 2.24. The predicted octanol–water partition coefficient (Wildman–Crippen LogP) is 5.98. The van der Waals surface area contributed by atoms with E-state index in [9.17, 15) is 10.1 Å². The standard InChI is InChI=1S/C27H26N2O3S/c1-18-8-11-21-22(16-28)27(33-25(21)14-18)29-26(30)13-10-19-9-12-23(24(15-19)31-2)32-17-20-6-4-3-5-7-20/h3-7,9-10,12-13,15,18H,8,11,14,17H2,1-2H3,(H,29,30)/b13-10+/t18-/m1/s1. The Hall–Kier alpha value is -3.56. The normalized spacial score (nSPS) is 15.0. The fraction of sp³-hybridized carbons (Fsp3) is 0.259. The Morgan fingerprint density at radius 2 is 2.06 bits per heavy atom. The van der Waals surface area contributed by atoms with E-state index in [1.54, 1.807) is 13.2 Å². The predicted molar refractivity (Wildman–Crippen MR) is 132 cm³/mol. The number of nitrogens with zero attached hydrogens (tertiary/aromatic N) is 1. The number of nitriles is 1. The van der Waals surface area contributed by atoms with Gasteiger partial charge in [-0.05, 0) is 60.1 Å². The molecule has 1 atom stereocenters. The lowest BCUT2D eigenvalue weighted by Crippen LogP contribution is -2.10. The molecular formula is C27H26N2O3S.